The highest BCUT2D eigenvalue weighted by molar-refractivity contribution is 5.48. The van der Waals surface area contributed by atoms with E-state index in [1.807, 2.05) is 24.3 Å². The van der Waals surface area contributed by atoms with E-state index < -0.39 is 6.10 Å². The molecule has 4 nitrogen and oxygen atoms in total. The highest BCUT2D eigenvalue weighted by atomic mass is 19.1. The molecule has 0 saturated carbocycles. The van der Waals surface area contributed by atoms with E-state index in [2.05, 4.69) is 43.6 Å². The number of piperazine rings is 1. The van der Waals surface area contributed by atoms with Gasteiger partial charge in [0, 0.05) is 32.7 Å². The largest absolute Gasteiger partial charge is 0.491 e. The number of β-amino-alcohol motifs (C(OH)–C–C–N with tert-alkyl or cyclic N) is 1. The van der Waals surface area contributed by atoms with Crippen LogP contribution >= 0.6 is 0 Å². The third-order valence-corrected chi connectivity index (χ3v) is 5.41. The number of nitrogens with zero attached hydrogens (tertiary/aromatic N) is 2. The molecule has 0 amide bonds. The summed E-state index contributed by atoms with van der Waals surface area (Å²) in [5.74, 6) is 0.661. The summed E-state index contributed by atoms with van der Waals surface area (Å²) in [4.78, 5) is 4.28. The van der Waals surface area contributed by atoms with Crippen LogP contribution in [0.1, 0.15) is 31.9 Å². The first kappa shape index (κ1) is 21.6. The fourth-order valence-electron chi connectivity index (χ4n) is 3.77. The summed E-state index contributed by atoms with van der Waals surface area (Å²) in [5.41, 5.74) is 3.00. The van der Waals surface area contributed by atoms with Crippen LogP contribution in [0.4, 0.5) is 10.1 Å². The molecule has 0 aromatic heterocycles. The van der Waals surface area contributed by atoms with Crippen LogP contribution < -0.4 is 9.64 Å². The Hall–Kier alpha value is -2.11. The third-order valence-electron chi connectivity index (χ3n) is 5.41. The summed E-state index contributed by atoms with van der Waals surface area (Å²) in [6.45, 7) is 12.5. The van der Waals surface area contributed by atoms with Crippen molar-refractivity contribution in [3.05, 3.63) is 59.4 Å². The van der Waals surface area contributed by atoms with Gasteiger partial charge >= 0.3 is 0 Å². The Labute approximate surface area is 173 Å². The predicted octanol–water partition coefficient (Wildman–Crippen LogP) is 3.99. The maximum atomic E-state index is 14.0. The maximum absolute atomic E-state index is 14.0. The minimum atomic E-state index is -0.566. The Morgan fingerprint density at radius 1 is 1.07 bits per heavy atom. The molecule has 0 bridgehead atoms. The molecule has 1 heterocycles. The Morgan fingerprint density at radius 2 is 1.76 bits per heavy atom. The predicted molar refractivity (Wildman–Crippen MR) is 116 cm³/mol. The Kier molecular flexibility index (Phi) is 6.81. The third kappa shape index (κ3) is 5.71. The molecule has 1 aliphatic heterocycles. The molecular formula is C24H33FN2O2. The van der Waals surface area contributed by atoms with Gasteiger partial charge in [0.25, 0.3) is 0 Å². The molecule has 3 rings (SSSR count). The summed E-state index contributed by atoms with van der Waals surface area (Å²) in [5, 5.41) is 10.5. The van der Waals surface area contributed by atoms with Gasteiger partial charge in [0.2, 0.25) is 0 Å². The molecule has 5 heteroatoms. The summed E-state index contributed by atoms with van der Waals surface area (Å²) in [6.07, 6.45) is -0.566. The number of aryl methyl sites for hydroxylation is 1. The average Bonchev–Trinajstić information content (AvgIpc) is 2.67. The molecule has 0 unspecified atom stereocenters. The van der Waals surface area contributed by atoms with Crippen molar-refractivity contribution in [3.63, 3.8) is 0 Å². The quantitative estimate of drug-likeness (QED) is 0.795. The molecule has 0 radical (unpaired) electrons. The number of ether oxygens (including phenoxy) is 1. The van der Waals surface area contributed by atoms with E-state index in [1.54, 1.807) is 6.07 Å². The lowest BCUT2D eigenvalue weighted by atomic mass is 9.85. The monoisotopic (exact) mass is 400 g/mol. The van der Waals surface area contributed by atoms with Crippen molar-refractivity contribution >= 4 is 5.69 Å². The number of para-hydroxylation sites is 1. The summed E-state index contributed by atoms with van der Waals surface area (Å²) in [6, 6.07) is 13.1. The Balaban J connectivity index is 1.50. The molecule has 0 aliphatic carbocycles. The van der Waals surface area contributed by atoms with Crippen molar-refractivity contribution < 1.29 is 14.2 Å². The van der Waals surface area contributed by atoms with E-state index >= 15 is 0 Å². The van der Waals surface area contributed by atoms with E-state index in [9.17, 15) is 9.50 Å². The molecule has 1 N–H and O–H groups in total. The van der Waals surface area contributed by atoms with Crippen LogP contribution in [0, 0.1) is 12.7 Å². The molecule has 0 spiro atoms. The smallest absolute Gasteiger partial charge is 0.146 e. The molecule has 158 valence electrons. The topological polar surface area (TPSA) is 35.9 Å². The Bertz CT molecular complexity index is 811. The Morgan fingerprint density at radius 3 is 2.41 bits per heavy atom. The van der Waals surface area contributed by atoms with Crippen molar-refractivity contribution in [1.29, 1.82) is 0 Å². The van der Waals surface area contributed by atoms with Crippen molar-refractivity contribution in [2.45, 2.75) is 39.2 Å². The van der Waals surface area contributed by atoms with Gasteiger partial charge in [-0.05, 0) is 36.1 Å². The molecule has 2 aromatic carbocycles. The van der Waals surface area contributed by atoms with Crippen molar-refractivity contribution in [2.24, 2.45) is 0 Å². The first-order valence-electron chi connectivity index (χ1n) is 10.4. The van der Waals surface area contributed by atoms with Gasteiger partial charge in [0.15, 0.2) is 0 Å². The molecule has 1 saturated heterocycles. The van der Waals surface area contributed by atoms with E-state index in [0.29, 0.717) is 12.2 Å². The van der Waals surface area contributed by atoms with Crippen LogP contribution in [0.25, 0.3) is 0 Å². The second kappa shape index (κ2) is 9.14. The summed E-state index contributed by atoms with van der Waals surface area (Å²) >= 11 is 0. The van der Waals surface area contributed by atoms with E-state index in [-0.39, 0.29) is 17.8 Å². The lowest BCUT2D eigenvalue weighted by Gasteiger charge is -2.37. The summed E-state index contributed by atoms with van der Waals surface area (Å²) < 4.78 is 20.0. The van der Waals surface area contributed by atoms with E-state index in [0.717, 1.165) is 37.5 Å². The van der Waals surface area contributed by atoms with E-state index in [1.165, 1.54) is 11.6 Å². The molecular weight excluding hydrogens is 367 g/mol. The zero-order valence-corrected chi connectivity index (χ0v) is 18.0. The van der Waals surface area contributed by atoms with Gasteiger partial charge in [-0.1, -0.05) is 50.6 Å². The van der Waals surface area contributed by atoms with Gasteiger partial charge < -0.3 is 14.7 Å². The van der Waals surface area contributed by atoms with Gasteiger partial charge in [0.05, 0.1) is 5.69 Å². The van der Waals surface area contributed by atoms with Crippen molar-refractivity contribution in [2.75, 3.05) is 44.2 Å². The zero-order chi connectivity index (χ0) is 21.0. The number of hydrogen-bond acceptors (Lipinski definition) is 4. The number of aliphatic hydroxyl groups is 1. The van der Waals surface area contributed by atoms with Gasteiger partial charge in [-0.3, -0.25) is 4.90 Å². The van der Waals surface area contributed by atoms with Gasteiger partial charge in [0.1, 0.15) is 24.3 Å². The number of hydrogen-bond donors (Lipinski definition) is 1. The molecule has 2 aromatic rings. The standard InChI is InChI=1S/C24H33FN2O2/c1-18-9-10-23(20(15-18)24(2,3)4)29-17-19(28)16-26-11-13-27(14-12-26)22-8-6-5-7-21(22)25/h5-10,15,19,28H,11-14,16-17H2,1-4H3/t19-/m1/s1. The van der Waals surface area contributed by atoms with Gasteiger partial charge in [-0.15, -0.1) is 0 Å². The second-order valence-electron chi connectivity index (χ2n) is 8.95. The molecule has 29 heavy (non-hydrogen) atoms. The van der Waals surface area contributed by atoms with Crippen LogP contribution in [0.5, 0.6) is 5.75 Å². The van der Waals surface area contributed by atoms with Crippen LogP contribution in [-0.2, 0) is 5.41 Å². The first-order chi connectivity index (χ1) is 13.7. The minimum Gasteiger partial charge on any atom is -0.491 e. The fourth-order valence-corrected chi connectivity index (χ4v) is 3.77. The molecule has 1 atom stereocenters. The zero-order valence-electron chi connectivity index (χ0n) is 18.0. The highest BCUT2D eigenvalue weighted by Crippen LogP contribution is 2.32. The summed E-state index contributed by atoms with van der Waals surface area (Å²) in [7, 11) is 0. The van der Waals surface area contributed by atoms with Crippen molar-refractivity contribution in [1.82, 2.24) is 4.90 Å². The number of halogens is 1. The number of benzene rings is 2. The second-order valence-corrected chi connectivity index (χ2v) is 8.95. The van der Waals surface area contributed by atoms with Crippen LogP contribution in [0.2, 0.25) is 0 Å². The van der Waals surface area contributed by atoms with Gasteiger partial charge in [-0.25, -0.2) is 4.39 Å². The minimum absolute atomic E-state index is 0.0185. The molecule has 1 aliphatic rings. The van der Waals surface area contributed by atoms with Crippen LogP contribution in [0.3, 0.4) is 0 Å². The lowest BCUT2D eigenvalue weighted by Crippen LogP contribution is -2.49. The first-order valence-corrected chi connectivity index (χ1v) is 10.4. The average molecular weight is 401 g/mol. The SMILES string of the molecule is Cc1ccc(OC[C@H](O)CN2CCN(c3ccccc3F)CC2)c(C(C)(C)C)c1. The normalized spacial score (nSPS) is 16.7. The van der Waals surface area contributed by atoms with Gasteiger partial charge in [-0.2, -0.15) is 0 Å². The lowest BCUT2D eigenvalue weighted by molar-refractivity contribution is 0.0656. The number of anilines is 1. The highest BCUT2D eigenvalue weighted by Gasteiger charge is 2.23. The maximum Gasteiger partial charge on any atom is 0.146 e. The van der Waals surface area contributed by atoms with E-state index in [4.69, 9.17) is 4.74 Å². The number of aliphatic hydroxyl groups excluding tert-OH is 1. The van der Waals surface area contributed by atoms with Crippen LogP contribution in [-0.4, -0.2) is 55.4 Å². The molecule has 1 fully saturated rings. The number of rotatable bonds is 6. The fraction of sp³-hybridized carbons (Fsp3) is 0.500. The van der Waals surface area contributed by atoms with Crippen LogP contribution in [0.15, 0.2) is 42.5 Å². The van der Waals surface area contributed by atoms with Crippen molar-refractivity contribution in [3.8, 4) is 5.75 Å².